The van der Waals surface area contributed by atoms with Crippen molar-refractivity contribution in [2.75, 3.05) is 0 Å². The highest BCUT2D eigenvalue weighted by atomic mass is 28.3. The van der Waals surface area contributed by atoms with Crippen molar-refractivity contribution >= 4 is 121 Å². The molecule has 0 N–H and O–H groups in total. The lowest BCUT2D eigenvalue weighted by atomic mass is 9.34. The highest BCUT2D eigenvalue weighted by molar-refractivity contribution is 7.22. The lowest BCUT2D eigenvalue weighted by Gasteiger charge is -2.35. The number of fused-ring (bicyclic) bond motifs is 7. The molecule has 0 amide bonds. The van der Waals surface area contributed by atoms with Crippen LogP contribution < -0.4 is 95.8 Å². The van der Waals surface area contributed by atoms with E-state index < -0.39 is 8.07 Å². The van der Waals surface area contributed by atoms with Crippen LogP contribution in [0.2, 0.25) is 0 Å². The molecule has 0 fully saturated rings. The summed E-state index contributed by atoms with van der Waals surface area (Å²) in [5.74, 6) is 3.81. The van der Waals surface area contributed by atoms with Gasteiger partial charge in [-0.15, -0.1) is 0 Å². The molecule has 0 bridgehead atoms. The fourth-order valence-corrected chi connectivity index (χ4v) is 26.5. The minimum atomic E-state index is -2.38. The van der Waals surface area contributed by atoms with Gasteiger partial charge in [0.15, 0.2) is 8.07 Å². The summed E-state index contributed by atoms with van der Waals surface area (Å²) >= 11 is 0. The molecule has 3 heterocycles. The molecular formula is C128H122B4O2Si. The zero-order valence-electron chi connectivity index (χ0n) is 81.1. The Labute approximate surface area is 807 Å². The summed E-state index contributed by atoms with van der Waals surface area (Å²) in [6, 6.07) is 169. The fourth-order valence-electron chi connectivity index (χ4n) is 20.9. The molecule has 2 nitrogen and oxygen atoms in total. The van der Waals surface area contributed by atoms with Crippen LogP contribution in [0.15, 0.2) is 467 Å². The molecule has 0 unspecified atom stereocenters. The number of benzene rings is 18. The van der Waals surface area contributed by atoms with Gasteiger partial charge in [-0.05, 0) is 155 Å². The average molecular weight is 1760 g/mol. The average Bonchev–Trinajstić information content (AvgIpc) is 1.53. The maximum Gasteiger partial charge on any atom is 0.251 e. The van der Waals surface area contributed by atoms with Gasteiger partial charge in [0.25, 0.3) is 13.4 Å². The summed E-state index contributed by atoms with van der Waals surface area (Å²) in [4.78, 5) is 0. The summed E-state index contributed by atoms with van der Waals surface area (Å²) in [5.41, 5.74) is 31.2. The highest BCUT2D eigenvalue weighted by Gasteiger charge is 2.51. The van der Waals surface area contributed by atoms with Crippen molar-refractivity contribution in [3.8, 4) is 56.4 Å². The van der Waals surface area contributed by atoms with Crippen molar-refractivity contribution in [2.24, 2.45) is 0 Å². The van der Waals surface area contributed by atoms with E-state index >= 15 is 0 Å². The molecule has 3 aliphatic rings. The number of hydrogen-bond acceptors (Lipinski definition) is 2. The Bertz CT molecular complexity index is 6880. The molecule has 0 radical (unpaired) electrons. The largest absolute Gasteiger partial charge is 0.458 e. The summed E-state index contributed by atoms with van der Waals surface area (Å²) in [7, 11) is -2.38. The molecule has 21 rings (SSSR count). The minimum absolute atomic E-state index is 0.0647. The van der Waals surface area contributed by atoms with E-state index in [4.69, 9.17) is 9.47 Å². The minimum Gasteiger partial charge on any atom is -0.458 e. The Morgan fingerprint density at radius 2 is 0.444 bits per heavy atom. The first-order valence-electron chi connectivity index (χ1n) is 48.1. The van der Waals surface area contributed by atoms with Crippen LogP contribution in [-0.2, 0) is 27.1 Å². The monoisotopic (exact) mass is 1760 g/mol. The van der Waals surface area contributed by atoms with Crippen molar-refractivity contribution < 1.29 is 9.47 Å². The van der Waals surface area contributed by atoms with Crippen molar-refractivity contribution in [3.63, 3.8) is 0 Å². The van der Waals surface area contributed by atoms with E-state index in [9.17, 15) is 0 Å². The molecular weight excluding hydrogens is 1640 g/mol. The van der Waals surface area contributed by atoms with Gasteiger partial charge in [-0.1, -0.05) is 590 Å². The van der Waals surface area contributed by atoms with E-state index in [0.717, 1.165) is 23.0 Å². The van der Waals surface area contributed by atoms with Crippen LogP contribution in [0.5, 0.6) is 23.0 Å². The van der Waals surface area contributed by atoms with Gasteiger partial charge < -0.3 is 9.47 Å². The Hall–Kier alpha value is -14.0. The molecule has 0 atom stereocenters. The van der Waals surface area contributed by atoms with Gasteiger partial charge in [0.1, 0.15) is 23.0 Å². The fraction of sp³-hybridized carbons (Fsp3) is 0.156. The van der Waals surface area contributed by atoms with Crippen LogP contribution in [0.1, 0.15) is 132 Å². The normalized spacial score (nSPS) is 12.6. The predicted molar refractivity (Wildman–Crippen MR) is 590 cm³/mol. The summed E-state index contributed by atoms with van der Waals surface area (Å²) < 4.78 is 12.4. The second kappa shape index (κ2) is 40.1. The first-order chi connectivity index (χ1) is 65.3. The van der Waals surface area contributed by atoms with E-state index in [2.05, 4.69) is 547 Å². The first-order valence-corrected chi connectivity index (χ1v) is 50.1. The van der Waals surface area contributed by atoms with E-state index in [-0.39, 0.29) is 53.9 Å². The van der Waals surface area contributed by atoms with Crippen molar-refractivity contribution in [1.82, 2.24) is 0 Å². The van der Waals surface area contributed by atoms with E-state index in [1.165, 1.54) is 142 Å². The zero-order chi connectivity index (χ0) is 94.1. The molecule has 18 aromatic carbocycles. The SMILES string of the molecule is CC(C)(C)c1cccc2c1[Si](c1ccccc1)(c1ccccc1)c1ccccc1-2.CC(C)(C)c1ccccc1-c1ccccc1B(c1ccccc1)c1ccccc1.CC(C)(C)c1ccccc1-c1ccccc1B1c2ccccc2Oc2ccccc21.CC(C)(C)c1ccccc1B(c1ccccc1)c1ccccc1.CC(C)(C)c1ccccc1B1c2ccccc2Oc2ccccc21. The van der Waals surface area contributed by atoms with E-state index in [1.807, 2.05) is 24.3 Å². The summed E-state index contributed by atoms with van der Waals surface area (Å²) in [6.07, 6.45) is 0. The number of hydrogen-bond donors (Lipinski definition) is 0. The zero-order valence-corrected chi connectivity index (χ0v) is 82.1. The first kappa shape index (κ1) is 92.9. The second-order valence-corrected chi connectivity index (χ2v) is 44.9. The van der Waals surface area contributed by atoms with Crippen LogP contribution in [0.25, 0.3) is 33.4 Å². The van der Waals surface area contributed by atoms with Gasteiger partial charge >= 0.3 is 0 Å². The lowest BCUT2D eigenvalue weighted by Crippen LogP contribution is -2.73. The molecule has 18 aromatic rings. The Morgan fingerprint density at radius 1 is 0.185 bits per heavy atom. The molecule has 0 spiro atoms. The Kier molecular flexibility index (Phi) is 27.6. The summed E-state index contributed by atoms with van der Waals surface area (Å²) in [6.45, 7) is 35.3. The molecule has 7 heteroatoms. The van der Waals surface area contributed by atoms with Gasteiger partial charge in [-0.3, -0.25) is 0 Å². The topological polar surface area (TPSA) is 18.5 Å². The van der Waals surface area contributed by atoms with Gasteiger partial charge in [0, 0.05) is 0 Å². The standard InChI is InChI=1S/C28H25BO.C28H27B.C28H26Si.C22H21BO.C22H23B/c1-28(2,3)22-14-6-4-12-20(22)21-13-5-7-15-23(21)29-24-16-8-10-18-26(24)30-27-19-11-9-17-25(27)29;1-28(2,3)26-20-12-10-18-24(26)25-19-11-13-21-27(25)29(22-14-6-4-7-15-22)23-16-8-5-9-17-23;1-28(2,3)25-19-12-18-24-23-17-10-11-20-26(23)29(27(24)25,21-13-6-4-7-14-21)22-15-8-5-9-16-22;1-22(2,3)16-10-4-5-11-17(16)23-18-12-6-8-14-20(18)24-21-15-9-7-13-19(21)23;1-22(2,3)20-16-10-11-17-21(20)23(18-12-6-4-7-13-18)19-14-8-5-9-15-19/h4-19H,1-3H3;4-21H,1-3H3;4-20H,1-3H3;4-15H,1-3H3;4-17H,1-3H3. The Balaban J connectivity index is 0.000000118. The van der Waals surface area contributed by atoms with Crippen LogP contribution in [0, 0.1) is 0 Å². The van der Waals surface area contributed by atoms with Gasteiger partial charge in [-0.2, -0.15) is 0 Å². The van der Waals surface area contributed by atoms with Crippen molar-refractivity contribution in [3.05, 3.63) is 495 Å². The third-order valence-electron chi connectivity index (χ3n) is 26.9. The van der Waals surface area contributed by atoms with Crippen LogP contribution in [-0.4, -0.2) is 34.9 Å². The molecule has 135 heavy (non-hydrogen) atoms. The molecule has 0 saturated carbocycles. The lowest BCUT2D eigenvalue weighted by molar-refractivity contribution is 0.487. The second-order valence-electron chi connectivity index (χ2n) is 41.2. The Morgan fingerprint density at radius 3 is 0.844 bits per heavy atom. The predicted octanol–water partition coefficient (Wildman–Crippen LogP) is 21.9. The van der Waals surface area contributed by atoms with Gasteiger partial charge in [0.05, 0.1) is 0 Å². The molecule has 0 aromatic heterocycles. The summed E-state index contributed by atoms with van der Waals surface area (Å²) in [5, 5.41) is 6.03. The smallest absolute Gasteiger partial charge is 0.251 e. The van der Waals surface area contributed by atoms with Crippen LogP contribution in [0.3, 0.4) is 0 Å². The van der Waals surface area contributed by atoms with Gasteiger partial charge in [0.2, 0.25) is 13.4 Å². The van der Waals surface area contributed by atoms with Crippen molar-refractivity contribution in [1.29, 1.82) is 0 Å². The van der Waals surface area contributed by atoms with Crippen molar-refractivity contribution in [2.45, 2.75) is 131 Å². The van der Waals surface area contributed by atoms with E-state index in [0.29, 0.717) is 0 Å². The third kappa shape index (κ3) is 19.7. The molecule has 0 saturated heterocycles. The van der Waals surface area contributed by atoms with E-state index in [1.54, 1.807) is 5.19 Å². The maximum absolute atomic E-state index is 6.25. The quantitative estimate of drug-likeness (QED) is 0.114. The van der Waals surface area contributed by atoms with Crippen LogP contribution >= 0.6 is 0 Å². The molecule has 0 aliphatic carbocycles. The maximum atomic E-state index is 6.25. The molecule has 662 valence electrons. The highest BCUT2D eigenvalue weighted by Crippen LogP contribution is 2.38. The molecule has 3 aliphatic heterocycles. The third-order valence-corrected chi connectivity index (χ3v) is 31.9. The van der Waals surface area contributed by atoms with Gasteiger partial charge in [-0.25, -0.2) is 0 Å². The number of para-hydroxylation sites is 4. The van der Waals surface area contributed by atoms with Crippen LogP contribution in [0.4, 0.5) is 0 Å². The number of rotatable bonds is 12. The number of ether oxygens (including phenoxy) is 2.